The lowest BCUT2D eigenvalue weighted by atomic mass is 9.99. The first kappa shape index (κ1) is 57.4. The average Bonchev–Trinajstić information content (AvgIpc) is 3.23. The Kier molecular flexibility index (Phi) is 46.2. The van der Waals surface area contributed by atoms with Crippen LogP contribution in [0.1, 0.15) is 297 Å². The van der Waals surface area contributed by atoms with Gasteiger partial charge in [0.2, 0.25) is 0 Å². The second kappa shape index (κ2) is 47.5. The van der Waals surface area contributed by atoms with Gasteiger partial charge in [-0.05, 0) is 25.2 Å². The molecular weight excluding hydrogens is 733 g/mol. The van der Waals surface area contributed by atoms with E-state index >= 15 is 0 Å². The van der Waals surface area contributed by atoms with Crippen molar-refractivity contribution in [2.45, 2.75) is 303 Å². The Bertz CT molecular complexity index is 889. The Balaban J connectivity index is 4.25. The molecule has 2 atom stereocenters. The third-order valence-corrected chi connectivity index (χ3v) is 12.4. The Morgan fingerprint density at radius 3 is 0.881 bits per heavy atom. The van der Waals surface area contributed by atoms with Crippen LogP contribution in [0.3, 0.4) is 0 Å². The summed E-state index contributed by atoms with van der Waals surface area (Å²) in [5, 5.41) is 0. The minimum atomic E-state index is -0.760. The molecule has 0 saturated carbocycles. The lowest BCUT2D eigenvalue weighted by Crippen LogP contribution is -2.30. The van der Waals surface area contributed by atoms with E-state index in [9.17, 15) is 14.4 Å². The number of unbranched alkanes of at least 4 members (excludes halogenated alkanes) is 34. The molecular formula is C53H102O6. The zero-order chi connectivity index (χ0) is 43.1. The van der Waals surface area contributed by atoms with Gasteiger partial charge in [-0.3, -0.25) is 14.4 Å². The highest BCUT2D eigenvalue weighted by atomic mass is 16.6. The van der Waals surface area contributed by atoms with Crippen LogP contribution < -0.4 is 0 Å². The maximum absolute atomic E-state index is 12.8. The molecule has 0 saturated heterocycles. The SMILES string of the molecule is CCCCCCCCCCCCCCCCC(=O)OC[C@@H](COC(=O)CCCCCCCCCCC)OC(=O)CCCCCCCCCCCCCCCCC(C)CC. The van der Waals surface area contributed by atoms with Gasteiger partial charge in [-0.2, -0.15) is 0 Å². The van der Waals surface area contributed by atoms with Crippen molar-refractivity contribution in [3.63, 3.8) is 0 Å². The molecule has 0 N–H and O–H groups in total. The van der Waals surface area contributed by atoms with Gasteiger partial charge in [0.25, 0.3) is 0 Å². The number of ether oxygens (including phenoxy) is 3. The second-order valence-electron chi connectivity index (χ2n) is 18.4. The number of carbonyl (C=O) groups excluding carboxylic acids is 3. The summed E-state index contributed by atoms with van der Waals surface area (Å²) in [6, 6.07) is 0. The summed E-state index contributed by atoms with van der Waals surface area (Å²) >= 11 is 0. The molecule has 0 aromatic carbocycles. The first-order valence-electron chi connectivity index (χ1n) is 26.4. The summed E-state index contributed by atoms with van der Waals surface area (Å²) in [5.74, 6) is 0.0493. The van der Waals surface area contributed by atoms with Crippen molar-refractivity contribution in [3.05, 3.63) is 0 Å². The molecule has 0 aliphatic heterocycles. The molecule has 0 bridgehead atoms. The van der Waals surface area contributed by atoms with E-state index in [1.165, 1.54) is 193 Å². The lowest BCUT2D eigenvalue weighted by molar-refractivity contribution is -0.167. The van der Waals surface area contributed by atoms with E-state index in [0.29, 0.717) is 19.3 Å². The Morgan fingerprint density at radius 2 is 0.593 bits per heavy atom. The van der Waals surface area contributed by atoms with Crippen LogP contribution in [0.15, 0.2) is 0 Å². The van der Waals surface area contributed by atoms with Gasteiger partial charge in [0, 0.05) is 19.3 Å². The highest BCUT2D eigenvalue weighted by Crippen LogP contribution is 2.18. The monoisotopic (exact) mass is 835 g/mol. The number of hydrogen-bond donors (Lipinski definition) is 0. The van der Waals surface area contributed by atoms with Gasteiger partial charge in [0.05, 0.1) is 0 Å². The van der Waals surface area contributed by atoms with Crippen LogP contribution in [0.4, 0.5) is 0 Å². The van der Waals surface area contributed by atoms with Crippen molar-refractivity contribution in [2.75, 3.05) is 13.2 Å². The minimum Gasteiger partial charge on any atom is -0.462 e. The molecule has 6 nitrogen and oxygen atoms in total. The first-order chi connectivity index (χ1) is 28.9. The molecule has 0 fully saturated rings. The molecule has 350 valence electrons. The van der Waals surface area contributed by atoms with Crippen LogP contribution >= 0.6 is 0 Å². The predicted molar refractivity (Wildman–Crippen MR) is 252 cm³/mol. The standard InChI is InChI=1S/C53H102O6/c1-5-8-10-12-14-16-17-18-22-25-29-33-37-41-45-52(55)58-48-50(47-57-51(54)44-40-36-32-27-15-13-11-9-6-2)59-53(56)46-42-38-34-30-26-23-20-19-21-24-28-31-35-39-43-49(4)7-3/h49-50H,5-48H2,1-4H3/t49?,50-/m1/s1. The van der Waals surface area contributed by atoms with Crippen molar-refractivity contribution in [3.8, 4) is 0 Å². The highest BCUT2D eigenvalue weighted by Gasteiger charge is 2.19. The van der Waals surface area contributed by atoms with Crippen molar-refractivity contribution >= 4 is 17.9 Å². The van der Waals surface area contributed by atoms with Crippen LogP contribution in [-0.4, -0.2) is 37.2 Å². The summed E-state index contributed by atoms with van der Waals surface area (Å²) in [5.41, 5.74) is 0. The van der Waals surface area contributed by atoms with Gasteiger partial charge in [-0.15, -0.1) is 0 Å². The molecule has 59 heavy (non-hydrogen) atoms. The summed E-state index contributed by atoms with van der Waals surface area (Å²) in [6.45, 7) is 9.06. The largest absolute Gasteiger partial charge is 0.462 e. The molecule has 0 aliphatic carbocycles. The summed E-state index contributed by atoms with van der Waals surface area (Å²) < 4.78 is 16.8. The number of rotatable bonds is 48. The van der Waals surface area contributed by atoms with Gasteiger partial charge in [-0.1, -0.05) is 259 Å². The van der Waals surface area contributed by atoms with Gasteiger partial charge < -0.3 is 14.2 Å². The number of esters is 3. The van der Waals surface area contributed by atoms with Gasteiger partial charge in [0.15, 0.2) is 6.10 Å². The smallest absolute Gasteiger partial charge is 0.306 e. The zero-order valence-electron chi connectivity index (χ0n) is 40.2. The van der Waals surface area contributed by atoms with Crippen molar-refractivity contribution in [1.82, 2.24) is 0 Å². The molecule has 0 rings (SSSR count). The number of hydrogen-bond acceptors (Lipinski definition) is 6. The van der Waals surface area contributed by atoms with E-state index in [-0.39, 0.29) is 31.1 Å². The Morgan fingerprint density at radius 1 is 0.339 bits per heavy atom. The summed E-state index contributed by atoms with van der Waals surface area (Å²) in [7, 11) is 0. The van der Waals surface area contributed by atoms with Crippen molar-refractivity contribution < 1.29 is 28.6 Å². The van der Waals surface area contributed by atoms with E-state index in [1.54, 1.807) is 0 Å². The minimum absolute atomic E-state index is 0.0626. The number of carbonyl (C=O) groups is 3. The van der Waals surface area contributed by atoms with E-state index in [2.05, 4.69) is 27.7 Å². The van der Waals surface area contributed by atoms with E-state index in [0.717, 1.165) is 63.7 Å². The Labute approximate surface area is 368 Å². The molecule has 0 aromatic heterocycles. The van der Waals surface area contributed by atoms with E-state index in [1.807, 2.05) is 0 Å². The molecule has 0 aliphatic rings. The van der Waals surface area contributed by atoms with Crippen LogP contribution in [-0.2, 0) is 28.6 Å². The van der Waals surface area contributed by atoms with Crippen LogP contribution in [0, 0.1) is 5.92 Å². The molecule has 0 aromatic rings. The van der Waals surface area contributed by atoms with Gasteiger partial charge in [-0.25, -0.2) is 0 Å². The lowest BCUT2D eigenvalue weighted by Gasteiger charge is -2.18. The van der Waals surface area contributed by atoms with Crippen molar-refractivity contribution in [1.29, 1.82) is 0 Å². The highest BCUT2D eigenvalue weighted by molar-refractivity contribution is 5.71. The molecule has 0 radical (unpaired) electrons. The Hall–Kier alpha value is -1.59. The second-order valence-corrected chi connectivity index (χ2v) is 18.4. The van der Waals surface area contributed by atoms with Crippen LogP contribution in [0.5, 0.6) is 0 Å². The van der Waals surface area contributed by atoms with Crippen LogP contribution in [0.2, 0.25) is 0 Å². The van der Waals surface area contributed by atoms with Crippen molar-refractivity contribution in [2.24, 2.45) is 5.92 Å². The van der Waals surface area contributed by atoms with E-state index in [4.69, 9.17) is 14.2 Å². The van der Waals surface area contributed by atoms with Gasteiger partial charge >= 0.3 is 17.9 Å². The summed E-state index contributed by atoms with van der Waals surface area (Å²) in [4.78, 5) is 37.9. The molecule has 6 heteroatoms. The topological polar surface area (TPSA) is 78.9 Å². The first-order valence-corrected chi connectivity index (χ1v) is 26.4. The fourth-order valence-corrected chi connectivity index (χ4v) is 8.01. The third kappa shape index (κ3) is 45.8. The fourth-order valence-electron chi connectivity index (χ4n) is 8.01. The maximum atomic E-state index is 12.8. The molecule has 0 amide bonds. The molecule has 0 heterocycles. The maximum Gasteiger partial charge on any atom is 0.306 e. The van der Waals surface area contributed by atoms with Gasteiger partial charge in [0.1, 0.15) is 13.2 Å². The quantitative estimate of drug-likeness (QED) is 0.0345. The predicted octanol–water partition coefficient (Wildman–Crippen LogP) is 17.1. The van der Waals surface area contributed by atoms with Crippen LogP contribution in [0.25, 0.3) is 0 Å². The third-order valence-electron chi connectivity index (χ3n) is 12.4. The average molecular weight is 835 g/mol. The fraction of sp³-hybridized carbons (Fsp3) is 0.943. The molecule has 1 unspecified atom stereocenters. The summed E-state index contributed by atoms with van der Waals surface area (Å²) in [6.07, 6.45) is 49.4. The van der Waals surface area contributed by atoms with E-state index < -0.39 is 6.10 Å². The zero-order valence-corrected chi connectivity index (χ0v) is 40.2. The molecule has 0 spiro atoms. The normalized spacial score (nSPS) is 12.4.